The Balaban J connectivity index is 2.20. The lowest BCUT2D eigenvalue weighted by molar-refractivity contribution is 0.201. The lowest BCUT2D eigenvalue weighted by Gasteiger charge is -2.26. The molecule has 3 nitrogen and oxygen atoms in total. The van der Waals surface area contributed by atoms with Crippen LogP contribution in [0.3, 0.4) is 0 Å². The number of ether oxygens (including phenoxy) is 1. The normalized spacial score (nSPS) is 13.5. The van der Waals surface area contributed by atoms with Crippen molar-refractivity contribution in [2.24, 2.45) is 0 Å². The molecule has 0 radical (unpaired) electrons. The van der Waals surface area contributed by atoms with Crippen LogP contribution in [0.4, 0.5) is 0 Å². The highest BCUT2D eigenvalue weighted by Gasteiger charge is 2.22. The molecule has 0 aromatic heterocycles. The first-order valence-corrected chi connectivity index (χ1v) is 8.32. The summed E-state index contributed by atoms with van der Waals surface area (Å²) in [4.78, 5) is 0. The number of hydrogen-bond donors (Lipinski definition) is 2. The summed E-state index contributed by atoms with van der Waals surface area (Å²) in [6.45, 7) is 4.77. The van der Waals surface area contributed by atoms with Crippen LogP contribution in [0.25, 0.3) is 0 Å². The Kier molecular flexibility index (Phi) is 6.48. The zero-order chi connectivity index (χ0) is 16.7. The zero-order valence-corrected chi connectivity index (χ0v) is 13.9. The number of phenols is 1. The summed E-state index contributed by atoms with van der Waals surface area (Å²) in [5.41, 5.74) is 2.56. The van der Waals surface area contributed by atoms with E-state index >= 15 is 0 Å². The first-order valence-electron chi connectivity index (χ1n) is 8.32. The monoisotopic (exact) mass is 314 g/mol. The van der Waals surface area contributed by atoms with Crippen LogP contribution >= 0.6 is 0 Å². The fourth-order valence-corrected chi connectivity index (χ4v) is 3.20. The van der Waals surface area contributed by atoms with E-state index in [1.54, 1.807) is 12.1 Å². The molecule has 3 heteroatoms. The van der Waals surface area contributed by atoms with Gasteiger partial charge in [0, 0.05) is 0 Å². The number of benzene rings is 2. The third-order valence-electron chi connectivity index (χ3n) is 4.35. The van der Waals surface area contributed by atoms with Crippen molar-refractivity contribution in [3.8, 4) is 11.5 Å². The maximum Gasteiger partial charge on any atom is 0.119 e. The minimum atomic E-state index is 0.0259. The molecule has 2 N–H and O–H groups in total. The Hall–Kier alpha value is -2.00. The second-order valence-electron chi connectivity index (χ2n) is 5.76. The fraction of sp³-hybridized carbons (Fsp3) is 0.400. The number of hydrogen-bond acceptors (Lipinski definition) is 3. The van der Waals surface area contributed by atoms with Crippen molar-refractivity contribution in [3.63, 3.8) is 0 Å². The first kappa shape index (κ1) is 17.4. The summed E-state index contributed by atoms with van der Waals surface area (Å²) >= 11 is 0. The van der Waals surface area contributed by atoms with Gasteiger partial charge in [-0.2, -0.15) is 0 Å². The predicted molar refractivity (Wildman–Crippen MR) is 93.2 cm³/mol. The molecule has 0 unspecified atom stereocenters. The van der Waals surface area contributed by atoms with E-state index in [9.17, 15) is 5.11 Å². The molecule has 0 saturated carbocycles. The van der Waals surface area contributed by atoms with E-state index in [2.05, 4.69) is 26.0 Å². The highest BCUT2D eigenvalue weighted by atomic mass is 16.5. The molecule has 2 rings (SSSR count). The van der Waals surface area contributed by atoms with Crippen LogP contribution in [0.5, 0.6) is 11.5 Å². The van der Waals surface area contributed by atoms with Crippen LogP contribution in [0.15, 0.2) is 48.5 Å². The van der Waals surface area contributed by atoms with Gasteiger partial charge in [-0.3, -0.25) is 0 Å². The highest BCUT2D eigenvalue weighted by molar-refractivity contribution is 5.34. The van der Waals surface area contributed by atoms with Crippen LogP contribution in [-0.2, 0) is 0 Å². The van der Waals surface area contributed by atoms with Crippen molar-refractivity contribution in [1.82, 2.24) is 0 Å². The Labute approximate surface area is 138 Å². The molecule has 0 heterocycles. The molecule has 2 aromatic carbocycles. The van der Waals surface area contributed by atoms with Gasteiger partial charge in [-0.25, -0.2) is 0 Å². The van der Waals surface area contributed by atoms with Crippen LogP contribution in [0.1, 0.15) is 49.7 Å². The number of phenolic OH excluding ortho intramolecular Hbond substituents is 1. The molecule has 0 bridgehead atoms. The maximum atomic E-state index is 9.49. The van der Waals surface area contributed by atoms with E-state index in [-0.39, 0.29) is 6.61 Å². The van der Waals surface area contributed by atoms with E-state index < -0.39 is 0 Å². The van der Waals surface area contributed by atoms with Gasteiger partial charge in [0.15, 0.2) is 0 Å². The third kappa shape index (κ3) is 4.49. The largest absolute Gasteiger partial charge is 0.508 e. The average Bonchev–Trinajstić information content (AvgIpc) is 2.59. The summed E-state index contributed by atoms with van der Waals surface area (Å²) in [6, 6.07) is 15.7. The molecule has 0 aliphatic rings. The van der Waals surface area contributed by atoms with E-state index in [1.165, 1.54) is 11.1 Å². The van der Waals surface area contributed by atoms with Gasteiger partial charge in [-0.05, 0) is 60.1 Å². The van der Waals surface area contributed by atoms with Gasteiger partial charge in [0.2, 0.25) is 0 Å². The summed E-state index contributed by atoms with van der Waals surface area (Å²) in [6.07, 6.45) is 2.10. The zero-order valence-electron chi connectivity index (χ0n) is 13.9. The van der Waals surface area contributed by atoms with Gasteiger partial charge in [-0.15, -0.1) is 0 Å². The Morgan fingerprint density at radius 3 is 1.74 bits per heavy atom. The molecule has 2 aromatic rings. The van der Waals surface area contributed by atoms with Crippen LogP contribution in [0.2, 0.25) is 0 Å². The summed E-state index contributed by atoms with van der Waals surface area (Å²) < 4.78 is 5.43. The standard InChI is InChI=1S/C20H26O3/c1-3-19(15-5-9-17(22)10-6-15)20(4-2)16-7-11-18(12-8-16)23-14-13-21/h5-12,19-22H,3-4,13-14H2,1-2H3/t19-,20+/m1/s1. The van der Waals surface area contributed by atoms with E-state index in [0.29, 0.717) is 24.2 Å². The molecule has 23 heavy (non-hydrogen) atoms. The second kappa shape index (κ2) is 8.59. The maximum absolute atomic E-state index is 9.49. The van der Waals surface area contributed by atoms with Gasteiger partial charge in [0.1, 0.15) is 18.1 Å². The van der Waals surface area contributed by atoms with Gasteiger partial charge in [0.05, 0.1) is 6.61 Å². The molecule has 0 aliphatic carbocycles. The summed E-state index contributed by atoms with van der Waals surface area (Å²) in [7, 11) is 0. The van der Waals surface area contributed by atoms with Crippen molar-refractivity contribution < 1.29 is 14.9 Å². The van der Waals surface area contributed by atoms with Crippen LogP contribution in [0, 0.1) is 0 Å². The average molecular weight is 314 g/mol. The van der Waals surface area contributed by atoms with Crippen LogP contribution < -0.4 is 4.74 Å². The fourth-order valence-electron chi connectivity index (χ4n) is 3.20. The third-order valence-corrected chi connectivity index (χ3v) is 4.35. The van der Waals surface area contributed by atoms with Crippen molar-refractivity contribution in [1.29, 1.82) is 0 Å². The molecule has 124 valence electrons. The quantitative estimate of drug-likeness (QED) is 0.757. The van der Waals surface area contributed by atoms with Gasteiger partial charge in [0.25, 0.3) is 0 Å². The Morgan fingerprint density at radius 1 is 0.826 bits per heavy atom. The van der Waals surface area contributed by atoms with Crippen LogP contribution in [-0.4, -0.2) is 23.4 Å². The minimum absolute atomic E-state index is 0.0259. The van der Waals surface area contributed by atoms with Crippen molar-refractivity contribution >= 4 is 0 Å². The number of aromatic hydroxyl groups is 1. The summed E-state index contributed by atoms with van der Waals surface area (Å²) in [5.74, 6) is 1.94. The molecule has 0 saturated heterocycles. The number of rotatable bonds is 8. The van der Waals surface area contributed by atoms with Crippen molar-refractivity contribution in [2.45, 2.75) is 38.5 Å². The SMILES string of the molecule is CC[C@H](c1ccc(O)cc1)[C@@H](CC)c1ccc(OCCO)cc1. The van der Waals surface area contributed by atoms with Gasteiger partial charge in [-0.1, -0.05) is 38.1 Å². The Morgan fingerprint density at radius 2 is 1.30 bits per heavy atom. The lowest BCUT2D eigenvalue weighted by Crippen LogP contribution is -2.10. The molecule has 0 amide bonds. The molecular weight excluding hydrogens is 288 g/mol. The van der Waals surface area contributed by atoms with E-state index in [4.69, 9.17) is 9.84 Å². The molecule has 0 fully saturated rings. The Bertz CT molecular complexity index is 575. The minimum Gasteiger partial charge on any atom is -0.508 e. The van der Waals surface area contributed by atoms with Crippen molar-refractivity contribution in [3.05, 3.63) is 59.7 Å². The van der Waals surface area contributed by atoms with Gasteiger partial charge < -0.3 is 14.9 Å². The lowest BCUT2D eigenvalue weighted by atomic mass is 9.78. The van der Waals surface area contributed by atoms with E-state index in [1.807, 2.05) is 24.3 Å². The molecule has 0 spiro atoms. The van der Waals surface area contributed by atoms with Gasteiger partial charge >= 0.3 is 0 Å². The molecule has 0 aliphatic heterocycles. The highest BCUT2D eigenvalue weighted by Crippen LogP contribution is 2.38. The van der Waals surface area contributed by atoms with E-state index in [0.717, 1.165) is 18.6 Å². The molecular formula is C20H26O3. The summed E-state index contributed by atoms with van der Waals surface area (Å²) in [5, 5.41) is 18.3. The molecule has 2 atom stereocenters. The smallest absolute Gasteiger partial charge is 0.119 e. The second-order valence-corrected chi connectivity index (χ2v) is 5.76. The predicted octanol–water partition coefficient (Wildman–Crippen LogP) is 4.45. The number of aliphatic hydroxyl groups is 1. The van der Waals surface area contributed by atoms with Crippen molar-refractivity contribution in [2.75, 3.05) is 13.2 Å². The number of aliphatic hydroxyl groups excluding tert-OH is 1. The first-order chi connectivity index (χ1) is 11.2. The topological polar surface area (TPSA) is 49.7 Å².